The zero-order chi connectivity index (χ0) is 24.3. The molecule has 3 heterocycles. The highest BCUT2D eigenvalue weighted by molar-refractivity contribution is 8.02. The van der Waals surface area contributed by atoms with Crippen molar-refractivity contribution >= 4 is 29.5 Å². The number of carbonyl (C=O) groups is 3. The van der Waals surface area contributed by atoms with Crippen LogP contribution in [0.5, 0.6) is 0 Å². The van der Waals surface area contributed by atoms with Gasteiger partial charge in [0.05, 0.1) is 23.2 Å². The molecule has 190 valence electrons. The molecule has 3 saturated heterocycles. The molecule has 1 spiro atoms. The van der Waals surface area contributed by atoms with Crippen LogP contribution in [0.3, 0.4) is 0 Å². The van der Waals surface area contributed by atoms with Crippen LogP contribution in [0.25, 0.3) is 0 Å². The monoisotopic (exact) mass is 492 g/mol. The van der Waals surface area contributed by atoms with Crippen molar-refractivity contribution in [2.45, 2.75) is 93.2 Å². The Morgan fingerprint density at radius 3 is 2.68 bits per heavy atom. The molecule has 0 aromatic heterocycles. The predicted octanol–water partition coefficient (Wildman–Crippen LogP) is 3.15. The molecule has 2 unspecified atom stereocenters. The minimum absolute atomic E-state index is 0.0301. The van der Waals surface area contributed by atoms with E-state index in [-0.39, 0.29) is 35.7 Å². The number of aliphatic hydroxyl groups excluding tert-OH is 1. The van der Waals surface area contributed by atoms with E-state index in [2.05, 4.69) is 6.58 Å². The van der Waals surface area contributed by atoms with Gasteiger partial charge in [-0.15, -0.1) is 18.3 Å². The molecule has 7 nitrogen and oxygen atoms in total. The molecule has 3 aliphatic heterocycles. The van der Waals surface area contributed by atoms with Gasteiger partial charge in [-0.1, -0.05) is 25.3 Å². The van der Waals surface area contributed by atoms with Gasteiger partial charge in [0.1, 0.15) is 6.04 Å². The molecule has 1 aliphatic carbocycles. The first-order valence-corrected chi connectivity index (χ1v) is 14.0. The second-order valence-electron chi connectivity index (χ2n) is 10.2. The molecule has 2 amide bonds. The number of esters is 1. The van der Waals surface area contributed by atoms with Gasteiger partial charge >= 0.3 is 5.97 Å². The van der Waals surface area contributed by atoms with Crippen molar-refractivity contribution in [2.24, 2.45) is 11.8 Å². The molecule has 1 N–H and O–H groups in total. The fourth-order valence-electron chi connectivity index (χ4n) is 6.86. The Hall–Kier alpha value is -1.54. The molecular formula is C26H40N2O5S. The van der Waals surface area contributed by atoms with Crippen molar-refractivity contribution in [1.29, 1.82) is 0 Å². The molecule has 4 rings (SSSR count). The first-order chi connectivity index (χ1) is 16.5. The molecular weight excluding hydrogens is 452 g/mol. The number of hydrogen-bond donors (Lipinski definition) is 1. The Labute approximate surface area is 207 Å². The summed E-state index contributed by atoms with van der Waals surface area (Å²) in [4.78, 5) is 44.9. The Kier molecular flexibility index (Phi) is 8.28. The number of hydrogen-bond acceptors (Lipinski definition) is 6. The highest BCUT2D eigenvalue weighted by atomic mass is 32.2. The number of ether oxygens (including phenoxy) is 1. The zero-order valence-corrected chi connectivity index (χ0v) is 21.3. The van der Waals surface area contributed by atoms with Gasteiger partial charge < -0.3 is 19.6 Å². The summed E-state index contributed by atoms with van der Waals surface area (Å²) in [6.07, 6.45) is 11.1. The van der Waals surface area contributed by atoms with Crippen LogP contribution in [0.15, 0.2) is 12.7 Å². The van der Waals surface area contributed by atoms with E-state index in [9.17, 15) is 19.5 Å². The number of amides is 2. The van der Waals surface area contributed by atoms with Crippen molar-refractivity contribution in [2.75, 3.05) is 26.3 Å². The molecule has 4 aliphatic rings. The Balaban J connectivity index is 1.66. The summed E-state index contributed by atoms with van der Waals surface area (Å²) >= 11 is 1.70. The van der Waals surface area contributed by atoms with Crippen LogP contribution in [0.4, 0.5) is 0 Å². The maximum atomic E-state index is 14.3. The quantitative estimate of drug-likeness (QED) is 0.271. The van der Waals surface area contributed by atoms with E-state index < -0.39 is 22.6 Å². The van der Waals surface area contributed by atoms with Gasteiger partial charge in [-0.2, -0.15) is 0 Å². The fraction of sp³-hybridized carbons (Fsp3) is 0.808. The van der Waals surface area contributed by atoms with E-state index in [0.29, 0.717) is 26.1 Å². The van der Waals surface area contributed by atoms with Gasteiger partial charge in [0, 0.05) is 31.0 Å². The fourth-order valence-corrected chi connectivity index (χ4v) is 9.06. The number of thioether (sulfide) groups is 1. The average Bonchev–Trinajstić information content (AvgIpc) is 3.48. The van der Waals surface area contributed by atoms with Gasteiger partial charge in [-0.3, -0.25) is 14.4 Å². The molecule has 0 aromatic rings. The lowest BCUT2D eigenvalue weighted by Gasteiger charge is -2.41. The highest BCUT2D eigenvalue weighted by Gasteiger charge is 2.74. The van der Waals surface area contributed by atoms with Crippen LogP contribution in [0, 0.1) is 11.8 Å². The van der Waals surface area contributed by atoms with Crippen LogP contribution in [0.1, 0.15) is 71.1 Å². The average molecular weight is 493 g/mol. The molecule has 0 aromatic carbocycles. The number of likely N-dealkylation sites (tertiary alicyclic amines) is 1. The molecule has 1 saturated carbocycles. The summed E-state index contributed by atoms with van der Waals surface area (Å²) in [5.41, 5.74) is 0. The Bertz CT molecular complexity index is 785. The molecule has 34 heavy (non-hydrogen) atoms. The van der Waals surface area contributed by atoms with E-state index in [4.69, 9.17) is 4.74 Å². The lowest BCUT2D eigenvalue weighted by Crippen LogP contribution is -2.57. The zero-order valence-electron chi connectivity index (χ0n) is 20.5. The van der Waals surface area contributed by atoms with Crippen molar-refractivity contribution in [3.05, 3.63) is 12.7 Å². The van der Waals surface area contributed by atoms with Gasteiger partial charge in [-0.05, 0) is 51.9 Å². The summed E-state index contributed by atoms with van der Waals surface area (Å²) in [7, 11) is 0. The third-order valence-corrected chi connectivity index (χ3v) is 10.2. The third-order valence-electron chi connectivity index (χ3n) is 8.27. The Morgan fingerprint density at radius 2 is 2.00 bits per heavy atom. The van der Waals surface area contributed by atoms with E-state index in [0.717, 1.165) is 51.4 Å². The number of aliphatic hydroxyl groups is 1. The Morgan fingerprint density at radius 1 is 1.24 bits per heavy atom. The molecule has 5 atom stereocenters. The van der Waals surface area contributed by atoms with Crippen LogP contribution in [-0.2, 0) is 19.1 Å². The van der Waals surface area contributed by atoms with Gasteiger partial charge in [0.25, 0.3) is 0 Å². The predicted molar refractivity (Wildman–Crippen MR) is 132 cm³/mol. The maximum Gasteiger partial charge on any atom is 0.310 e. The lowest BCUT2D eigenvalue weighted by molar-refractivity contribution is -0.153. The van der Waals surface area contributed by atoms with E-state index in [1.165, 1.54) is 6.42 Å². The van der Waals surface area contributed by atoms with Crippen molar-refractivity contribution in [3.8, 4) is 0 Å². The summed E-state index contributed by atoms with van der Waals surface area (Å²) in [5, 5.41) is 9.23. The summed E-state index contributed by atoms with van der Waals surface area (Å²) in [5.74, 6) is -1.27. The normalized spacial score (nSPS) is 32.6. The van der Waals surface area contributed by atoms with Crippen LogP contribution >= 0.6 is 11.8 Å². The number of rotatable bonds is 11. The molecule has 2 bridgehead atoms. The molecule has 8 heteroatoms. The lowest BCUT2D eigenvalue weighted by atomic mass is 9.71. The van der Waals surface area contributed by atoms with Crippen molar-refractivity contribution < 1.29 is 24.2 Å². The highest BCUT2D eigenvalue weighted by Crippen LogP contribution is 2.66. The number of fused-ring (bicyclic) bond motifs is 1. The molecule has 0 radical (unpaired) electrons. The van der Waals surface area contributed by atoms with E-state index >= 15 is 0 Å². The first-order valence-electron chi connectivity index (χ1n) is 13.2. The summed E-state index contributed by atoms with van der Waals surface area (Å²) in [6, 6.07) is -0.360. The van der Waals surface area contributed by atoms with E-state index in [1.54, 1.807) is 29.7 Å². The number of unbranched alkanes of at least 4 members (excludes halogenated alkanes) is 2. The largest absolute Gasteiger partial charge is 0.466 e. The smallest absolute Gasteiger partial charge is 0.310 e. The van der Waals surface area contributed by atoms with E-state index in [1.807, 2.05) is 4.90 Å². The van der Waals surface area contributed by atoms with Crippen LogP contribution in [-0.4, -0.2) is 81.1 Å². The second-order valence-corrected chi connectivity index (χ2v) is 11.8. The number of carbonyl (C=O) groups excluding carboxylic acids is 3. The van der Waals surface area contributed by atoms with Gasteiger partial charge in [-0.25, -0.2) is 0 Å². The standard InChI is InChI=1S/C26H40N2O5S/c1-3-15-27(18-11-7-5-8-12-18)24(31)22-26-14-13-19(34-26)20(25(32)33-4-2)21(26)23(30)28(22)16-9-6-10-17-29/h3,18-22,29H,1,4-17H2,2H3/t19-,20+,21-,22?,26?/m0/s1. The first kappa shape index (κ1) is 25.5. The van der Waals surface area contributed by atoms with Gasteiger partial charge in [0.2, 0.25) is 11.8 Å². The minimum atomic E-state index is -0.554. The summed E-state index contributed by atoms with van der Waals surface area (Å²) < 4.78 is 4.84. The summed E-state index contributed by atoms with van der Waals surface area (Å²) in [6.45, 7) is 7.10. The third kappa shape index (κ3) is 4.41. The van der Waals surface area contributed by atoms with Crippen molar-refractivity contribution in [3.63, 3.8) is 0 Å². The number of nitrogens with zero attached hydrogens (tertiary/aromatic N) is 2. The van der Waals surface area contributed by atoms with Crippen molar-refractivity contribution in [1.82, 2.24) is 9.80 Å². The van der Waals surface area contributed by atoms with Crippen LogP contribution in [0.2, 0.25) is 0 Å². The van der Waals surface area contributed by atoms with Crippen LogP contribution < -0.4 is 0 Å². The maximum absolute atomic E-state index is 14.3. The second kappa shape index (κ2) is 11.0. The SMILES string of the molecule is C=CCN(C(=O)C1N(CCCCCO)C(=O)[C@@H]2[C@H](C(=O)OCC)[C@@H]3CCC12S3)C1CCCCC1. The minimum Gasteiger partial charge on any atom is -0.466 e. The molecule has 4 fully saturated rings. The topological polar surface area (TPSA) is 87.2 Å². The van der Waals surface area contributed by atoms with Gasteiger partial charge in [0.15, 0.2) is 0 Å².